The predicted octanol–water partition coefficient (Wildman–Crippen LogP) is 1.64. The molecule has 96 valence electrons. The molecule has 2 N–H and O–H groups in total. The van der Waals surface area contributed by atoms with Gasteiger partial charge < -0.3 is 5.73 Å². The number of hydrogen-bond acceptors (Lipinski definition) is 5. The van der Waals surface area contributed by atoms with E-state index in [1.807, 2.05) is 0 Å². The van der Waals surface area contributed by atoms with Crippen LogP contribution in [0.4, 0.5) is 5.82 Å². The summed E-state index contributed by atoms with van der Waals surface area (Å²) in [7, 11) is 0. The first-order valence-corrected chi connectivity index (χ1v) is 5.72. The van der Waals surface area contributed by atoms with Gasteiger partial charge in [-0.3, -0.25) is 9.97 Å². The molecule has 0 aliphatic heterocycles. The van der Waals surface area contributed by atoms with Crippen molar-refractivity contribution in [1.29, 1.82) is 0 Å². The third-order valence-electron chi connectivity index (χ3n) is 1.85. The summed E-state index contributed by atoms with van der Waals surface area (Å²) >= 11 is 11.3. The standard InChI is InChI=1S/C10H7Cl2N7/c11-7-2-14-1-6(18-7)10(13)17-5-16-9-4-15-3-8(12)19-9/h1-5H,(H2,13,16,17,19). The van der Waals surface area contributed by atoms with E-state index in [2.05, 4.69) is 29.9 Å². The molecule has 0 aliphatic carbocycles. The van der Waals surface area contributed by atoms with E-state index in [1.165, 1.54) is 31.1 Å². The Bertz CT molecular complexity index is 641. The van der Waals surface area contributed by atoms with Crippen molar-refractivity contribution in [2.45, 2.75) is 0 Å². The maximum Gasteiger partial charge on any atom is 0.173 e. The van der Waals surface area contributed by atoms with Crippen LogP contribution in [0, 0.1) is 0 Å². The van der Waals surface area contributed by atoms with Gasteiger partial charge in [0.15, 0.2) is 11.7 Å². The van der Waals surface area contributed by atoms with E-state index in [1.54, 1.807) is 0 Å². The first-order valence-electron chi connectivity index (χ1n) is 4.96. The third kappa shape index (κ3) is 3.94. The number of nitrogens with zero attached hydrogens (tertiary/aromatic N) is 6. The van der Waals surface area contributed by atoms with Crippen LogP contribution in [0.1, 0.15) is 5.69 Å². The van der Waals surface area contributed by atoms with Gasteiger partial charge in [0.05, 0.1) is 24.8 Å². The molecule has 2 aromatic heterocycles. The monoisotopic (exact) mass is 295 g/mol. The Labute approximate surface area is 118 Å². The maximum atomic E-state index is 5.69. The number of hydrogen-bond donors (Lipinski definition) is 1. The average molecular weight is 296 g/mol. The quantitative estimate of drug-likeness (QED) is 0.685. The average Bonchev–Trinajstić information content (AvgIpc) is 2.38. The molecular weight excluding hydrogens is 289 g/mol. The minimum Gasteiger partial charge on any atom is -0.382 e. The molecule has 0 amide bonds. The minimum atomic E-state index is 0.133. The Morgan fingerprint density at radius 2 is 1.74 bits per heavy atom. The van der Waals surface area contributed by atoms with Crippen LogP contribution in [0.15, 0.2) is 34.8 Å². The Morgan fingerprint density at radius 3 is 2.42 bits per heavy atom. The van der Waals surface area contributed by atoms with Crippen LogP contribution < -0.4 is 5.73 Å². The number of nitrogens with two attached hydrogens (primary N) is 1. The van der Waals surface area contributed by atoms with Crippen molar-refractivity contribution < 1.29 is 0 Å². The molecule has 0 saturated heterocycles. The molecule has 2 heterocycles. The lowest BCUT2D eigenvalue weighted by atomic mass is 10.4. The van der Waals surface area contributed by atoms with E-state index in [-0.39, 0.29) is 16.1 Å². The Balaban J connectivity index is 2.14. The zero-order valence-electron chi connectivity index (χ0n) is 9.40. The fourth-order valence-electron chi connectivity index (χ4n) is 1.08. The molecule has 0 spiro atoms. The molecule has 0 aliphatic rings. The lowest BCUT2D eigenvalue weighted by Crippen LogP contribution is -2.15. The number of rotatable bonds is 3. The highest BCUT2D eigenvalue weighted by Crippen LogP contribution is 2.09. The SMILES string of the molecule is NC(=NC=Nc1cncc(Cl)n1)c1cncc(Cl)n1. The van der Waals surface area contributed by atoms with Crippen LogP contribution in [0.25, 0.3) is 0 Å². The largest absolute Gasteiger partial charge is 0.382 e. The molecule has 9 heteroatoms. The van der Waals surface area contributed by atoms with E-state index in [0.717, 1.165) is 0 Å². The molecule has 2 aromatic rings. The summed E-state index contributed by atoms with van der Waals surface area (Å²) in [6.45, 7) is 0. The zero-order chi connectivity index (χ0) is 13.7. The van der Waals surface area contributed by atoms with Gasteiger partial charge in [-0.2, -0.15) is 0 Å². The Hall–Kier alpha value is -2.12. The highest BCUT2D eigenvalue weighted by atomic mass is 35.5. The zero-order valence-corrected chi connectivity index (χ0v) is 10.9. The molecule has 0 unspecified atom stereocenters. The van der Waals surface area contributed by atoms with Crippen molar-refractivity contribution in [1.82, 2.24) is 19.9 Å². The lowest BCUT2D eigenvalue weighted by molar-refractivity contribution is 1.17. The van der Waals surface area contributed by atoms with Gasteiger partial charge in [0.2, 0.25) is 0 Å². The molecule has 0 fully saturated rings. The Morgan fingerprint density at radius 1 is 1.05 bits per heavy atom. The summed E-state index contributed by atoms with van der Waals surface area (Å²) < 4.78 is 0. The maximum absolute atomic E-state index is 5.69. The van der Waals surface area contributed by atoms with Gasteiger partial charge >= 0.3 is 0 Å². The van der Waals surface area contributed by atoms with E-state index in [9.17, 15) is 0 Å². The van der Waals surface area contributed by atoms with Gasteiger partial charge in [-0.15, -0.1) is 0 Å². The van der Waals surface area contributed by atoms with Crippen molar-refractivity contribution >= 4 is 41.2 Å². The van der Waals surface area contributed by atoms with Crippen LogP contribution in [-0.4, -0.2) is 32.1 Å². The number of halogens is 2. The normalized spacial score (nSPS) is 12.0. The summed E-state index contributed by atoms with van der Waals surface area (Å²) in [5, 5.41) is 0.473. The summed E-state index contributed by atoms with van der Waals surface area (Å²) in [6, 6.07) is 0. The highest BCUT2D eigenvalue weighted by Gasteiger charge is 2.00. The Kier molecular flexibility index (Phi) is 4.32. The molecule has 2 rings (SSSR count). The molecule has 0 bridgehead atoms. The lowest BCUT2D eigenvalue weighted by Gasteiger charge is -1.97. The van der Waals surface area contributed by atoms with Gasteiger partial charge in [-0.05, 0) is 0 Å². The van der Waals surface area contributed by atoms with Crippen molar-refractivity contribution in [2.24, 2.45) is 15.7 Å². The number of amidine groups is 1. The molecule has 0 aromatic carbocycles. The minimum absolute atomic E-state index is 0.133. The van der Waals surface area contributed by atoms with Gasteiger partial charge in [0.25, 0.3) is 0 Å². The molecule has 7 nitrogen and oxygen atoms in total. The van der Waals surface area contributed by atoms with E-state index in [4.69, 9.17) is 28.9 Å². The first kappa shape index (κ1) is 13.3. The smallest absolute Gasteiger partial charge is 0.173 e. The second-order valence-corrected chi connectivity index (χ2v) is 3.96. The summed E-state index contributed by atoms with van der Waals surface area (Å²) in [5.41, 5.74) is 6.05. The molecular formula is C10H7Cl2N7. The van der Waals surface area contributed by atoms with Crippen LogP contribution in [-0.2, 0) is 0 Å². The van der Waals surface area contributed by atoms with E-state index in [0.29, 0.717) is 11.5 Å². The third-order valence-corrected chi connectivity index (χ3v) is 2.21. The number of aliphatic imine (C=N–C) groups is 2. The van der Waals surface area contributed by atoms with Gasteiger partial charge in [-0.1, -0.05) is 23.2 Å². The van der Waals surface area contributed by atoms with E-state index < -0.39 is 0 Å². The molecule has 0 saturated carbocycles. The summed E-state index contributed by atoms with van der Waals surface area (Å²) in [4.78, 5) is 23.3. The van der Waals surface area contributed by atoms with Gasteiger partial charge in [0, 0.05) is 0 Å². The van der Waals surface area contributed by atoms with Crippen molar-refractivity contribution in [3.8, 4) is 0 Å². The first-order chi connectivity index (χ1) is 9.15. The fourth-order valence-corrected chi connectivity index (χ4v) is 1.37. The fraction of sp³-hybridized carbons (Fsp3) is 0. The van der Waals surface area contributed by atoms with Crippen molar-refractivity contribution in [2.75, 3.05) is 0 Å². The second-order valence-electron chi connectivity index (χ2n) is 3.19. The second kappa shape index (κ2) is 6.17. The summed E-state index contributed by atoms with van der Waals surface area (Å²) in [6.07, 6.45) is 6.90. The van der Waals surface area contributed by atoms with Crippen molar-refractivity contribution in [3.05, 3.63) is 40.8 Å². The molecule has 0 radical (unpaired) electrons. The van der Waals surface area contributed by atoms with E-state index >= 15 is 0 Å². The predicted molar refractivity (Wildman–Crippen MR) is 73.0 cm³/mol. The van der Waals surface area contributed by atoms with Crippen LogP contribution in [0.2, 0.25) is 10.3 Å². The van der Waals surface area contributed by atoms with Crippen LogP contribution >= 0.6 is 23.2 Å². The van der Waals surface area contributed by atoms with Crippen molar-refractivity contribution in [3.63, 3.8) is 0 Å². The molecule has 19 heavy (non-hydrogen) atoms. The number of aromatic nitrogens is 4. The van der Waals surface area contributed by atoms with Crippen LogP contribution in [0.5, 0.6) is 0 Å². The van der Waals surface area contributed by atoms with Gasteiger partial charge in [-0.25, -0.2) is 20.0 Å². The van der Waals surface area contributed by atoms with Crippen LogP contribution in [0.3, 0.4) is 0 Å². The highest BCUT2D eigenvalue weighted by molar-refractivity contribution is 6.29. The summed E-state index contributed by atoms with van der Waals surface area (Å²) in [5.74, 6) is 0.454. The van der Waals surface area contributed by atoms with Gasteiger partial charge in [0.1, 0.15) is 22.3 Å². The molecule has 0 atom stereocenters. The topological polar surface area (TPSA) is 102 Å².